The lowest BCUT2D eigenvalue weighted by molar-refractivity contribution is 0.212. The summed E-state index contributed by atoms with van der Waals surface area (Å²) in [6, 6.07) is 5.09. The Morgan fingerprint density at radius 3 is 2.50 bits per heavy atom. The summed E-state index contributed by atoms with van der Waals surface area (Å²) < 4.78 is 1.20. The van der Waals surface area contributed by atoms with Crippen molar-refractivity contribution in [2.45, 2.75) is 59.9 Å². The number of aryl methyl sites for hydroxylation is 2. The van der Waals surface area contributed by atoms with Crippen LogP contribution in [0.1, 0.15) is 51.2 Å². The minimum Gasteiger partial charge on any atom is -0.381 e. The largest absolute Gasteiger partial charge is 0.381 e. The van der Waals surface area contributed by atoms with Gasteiger partial charge in [0.2, 0.25) is 0 Å². The summed E-state index contributed by atoms with van der Waals surface area (Å²) in [6.45, 7) is 11.5. The summed E-state index contributed by atoms with van der Waals surface area (Å²) in [6.07, 6.45) is 4.04. The molecule has 3 atom stereocenters. The summed E-state index contributed by atoms with van der Waals surface area (Å²) in [4.78, 5) is 0. The Labute approximate surface area is 132 Å². The predicted octanol–water partition coefficient (Wildman–Crippen LogP) is 5.94. The number of nitrogens with one attached hydrogen (secondary N) is 1. The van der Waals surface area contributed by atoms with Crippen LogP contribution in [0.15, 0.2) is 16.6 Å². The fourth-order valence-electron chi connectivity index (χ4n) is 3.65. The van der Waals surface area contributed by atoms with Crippen molar-refractivity contribution in [1.82, 2.24) is 0 Å². The van der Waals surface area contributed by atoms with Gasteiger partial charge in [-0.25, -0.2) is 0 Å². The van der Waals surface area contributed by atoms with Crippen LogP contribution in [-0.2, 0) is 0 Å². The van der Waals surface area contributed by atoms with Crippen LogP contribution in [0.2, 0.25) is 0 Å². The summed E-state index contributed by atoms with van der Waals surface area (Å²) in [7, 11) is 0. The second-order valence-corrected chi connectivity index (χ2v) is 7.87. The first-order valence-electron chi connectivity index (χ1n) is 7.91. The van der Waals surface area contributed by atoms with E-state index in [9.17, 15) is 0 Å². The van der Waals surface area contributed by atoms with Crippen molar-refractivity contribution in [1.29, 1.82) is 0 Å². The van der Waals surface area contributed by atoms with Gasteiger partial charge in [-0.2, -0.15) is 0 Å². The molecule has 20 heavy (non-hydrogen) atoms. The topological polar surface area (TPSA) is 12.0 Å². The van der Waals surface area contributed by atoms with Gasteiger partial charge in [0.05, 0.1) is 5.69 Å². The molecule has 1 aliphatic carbocycles. The van der Waals surface area contributed by atoms with E-state index in [0.717, 1.165) is 17.8 Å². The predicted molar refractivity (Wildman–Crippen MR) is 92.4 cm³/mol. The van der Waals surface area contributed by atoms with E-state index in [1.165, 1.54) is 40.5 Å². The SMILES string of the molecule is Cc1cc(C)c(NC2CC(C)CCC2C(C)C)c(Br)c1. The fourth-order valence-corrected chi connectivity index (χ4v) is 4.44. The quantitative estimate of drug-likeness (QED) is 0.719. The molecule has 1 fully saturated rings. The Balaban J connectivity index is 2.22. The van der Waals surface area contributed by atoms with E-state index in [1.54, 1.807) is 0 Å². The lowest BCUT2D eigenvalue weighted by atomic mass is 9.74. The van der Waals surface area contributed by atoms with Gasteiger partial charge in [-0.1, -0.05) is 33.3 Å². The highest BCUT2D eigenvalue weighted by Crippen LogP contribution is 2.37. The molecule has 2 heteroatoms. The van der Waals surface area contributed by atoms with E-state index < -0.39 is 0 Å². The Morgan fingerprint density at radius 2 is 1.90 bits per heavy atom. The lowest BCUT2D eigenvalue weighted by Gasteiger charge is -2.39. The highest BCUT2D eigenvalue weighted by Gasteiger charge is 2.31. The summed E-state index contributed by atoms with van der Waals surface area (Å²) >= 11 is 3.73. The molecule has 0 heterocycles. The van der Waals surface area contributed by atoms with Crippen LogP contribution < -0.4 is 5.32 Å². The molecule has 1 aliphatic rings. The average molecular weight is 338 g/mol. The van der Waals surface area contributed by atoms with E-state index >= 15 is 0 Å². The molecular weight excluding hydrogens is 310 g/mol. The van der Waals surface area contributed by atoms with Gasteiger partial charge in [-0.15, -0.1) is 0 Å². The first-order valence-corrected chi connectivity index (χ1v) is 8.71. The third kappa shape index (κ3) is 3.58. The molecule has 0 amide bonds. The Morgan fingerprint density at radius 1 is 1.20 bits per heavy atom. The number of hydrogen-bond acceptors (Lipinski definition) is 1. The lowest BCUT2D eigenvalue weighted by Crippen LogP contribution is -2.38. The third-order valence-electron chi connectivity index (χ3n) is 4.78. The van der Waals surface area contributed by atoms with Crippen LogP contribution in [0.25, 0.3) is 0 Å². The van der Waals surface area contributed by atoms with Gasteiger partial charge >= 0.3 is 0 Å². The second kappa shape index (κ2) is 6.51. The van der Waals surface area contributed by atoms with Crippen LogP contribution >= 0.6 is 15.9 Å². The molecule has 0 aliphatic heterocycles. The summed E-state index contributed by atoms with van der Waals surface area (Å²) in [5, 5.41) is 3.86. The molecule has 1 nitrogen and oxygen atoms in total. The maximum atomic E-state index is 3.86. The van der Waals surface area contributed by atoms with Crippen LogP contribution in [0.5, 0.6) is 0 Å². The number of halogens is 1. The number of hydrogen-bond donors (Lipinski definition) is 1. The number of anilines is 1. The van der Waals surface area contributed by atoms with Crippen LogP contribution in [0.4, 0.5) is 5.69 Å². The van der Waals surface area contributed by atoms with Crippen molar-refractivity contribution in [3.63, 3.8) is 0 Å². The van der Waals surface area contributed by atoms with Gasteiger partial charge in [0.1, 0.15) is 0 Å². The minimum absolute atomic E-state index is 0.608. The van der Waals surface area contributed by atoms with Crippen molar-refractivity contribution >= 4 is 21.6 Å². The second-order valence-electron chi connectivity index (χ2n) is 7.02. The molecule has 2 rings (SSSR count). The Hall–Kier alpha value is -0.500. The molecule has 3 unspecified atom stereocenters. The monoisotopic (exact) mass is 337 g/mol. The standard InChI is InChI=1S/C18H28BrN/c1-11(2)15-7-6-12(3)10-17(15)20-18-14(5)8-13(4)9-16(18)19/h8-9,11-12,15,17,20H,6-7,10H2,1-5H3. The number of rotatable bonds is 3. The molecule has 0 radical (unpaired) electrons. The smallest absolute Gasteiger partial charge is 0.0516 e. The first-order chi connectivity index (χ1) is 9.38. The van der Waals surface area contributed by atoms with Gasteiger partial charge in [-0.3, -0.25) is 0 Å². The van der Waals surface area contributed by atoms with E-state index in [0.29, 0.717) is 6.04 Å². The van der Waals surface area contributed by atoms with E-state index in [2.05, 4.69) is 68.0 Å². The highest BCUT2D eigenvalue weighted by atomic mass is 79.9. The zero-order valence-corrected chi connectivity index (χ0v) is 15.0. The molecule has 1 saturated carbocycles. The molecule has 0 spiro atoms. The van der Waals surface area contributed by atoms with Crippen molar-refractivity contribution < 1.29 is 0 Å². The number of benzene rings is 1. The minimum atomic E-state index is 0.608. The zero-order chi connectivity index (χ0) is 14.9. The van der Waals surface area contributed by atoms with Gasteiger partial charge in [-0.05, 0) is 77.6 Å². The molecule has 1 aromatic rings. The van der Waals surface area contributed by atoms with E-state index in [-0.39, 0.29) is 0 Å². The van der Waals surface area contributed by atoms with E-state index in [4.69, 9.17) is 0 Å². The van der Waals surface area contributed by atoms with Crippen molar-refractivity contribution in [2.24, 2.45) is 17.8 Å². The zero-order valence-electron chi connectivity index (χ0n) is 13.5. The molecule has 1 aromatic carbocycles. The molecule has 112 valence electrons. The molecule has 0 aromatic heterocycles. The Kier molecular flexibility index (Phi) is 5.17. The van der Waals surface area contributed by atoms with E-state index in [1.807, 2.05) is 0 Å². The first kappa shape index (κ1) is 15.9. The Bertz CT molecular complexity index is 443. The molecule has 0 saturated heterocycles. The fraction of sp³-hybridized carbons (Fsp3) is 0.667. The molecule has 1 N–H and O–H groups in total. The van der Waals surface area contributed by atoms with Gasteiger partial charge in [0, 0.05) is 10.5 Å². The van der Waals surface area contributed by atoms with Crippen LogP contribution in [0, 0.1) is 31.6 Å². The normalized spacial score (nSPS) is 26.9. The summed E-state index contributed by atoms with van der Waals surface area (Å²) in [5.74, 6) is 2.38. The van der Waals surface area contributed by atoms with Gasteiger partial charge in [0.15, 0.2) is 0 Å². The molecule has 0 bridgehead atoms. The average Bonchev–Trinajstić information content (AvgIpc) is 2.33. The van der Waals surface area contributed by atoms with Crippen molar-refractivity contribution in [3.05, 3.63) is 27.7 Å². The van der Waals surface area contributed by atoms with Crippen LogP contribution in [0.3, 0.4) is 0 Å². The maximum Gasteiger partial charge on any atom is 0.0516 e. The summed E-state index contributed by atoms with van der Waals surface area (Å²) in [5.41, 5.74) is 3.95. The van der Waals surface area contributed by atoms with Crippen molar-refractivity contribution in [2.75, 3.05) is 5.32 Å². The molecular formula is C18H28BrN. The van der Waals surface area contributed by atoms with Gasteiger partial charge < -0.3 is 5.32 Å². The van der Waals surface area contributed by atoms with Crippen molar-refractivity contribution in [3.8, 4) is 0 Å². The maximum absolute atomic E-state index is 3.86. The van der Waals surface area contributed by atoms with Gasteiger partial charge in [0.25, 0.3) is 0 Å². The van der Waals surface area contributed by atoms with Crippen LogP contribution in [-0.4, -0.2) is 6.04 Å². The highest BCUT2D eigenvalue weighted by molar-refractivity contribution is 9.10. The third-order valence-corrected chi connectivity index (χ3v) is 5.41.